The molecule has 3 atom stereocenters. The van der Waals surface area contributed by atoms with E-state index in [2.05, 4.69) is 72.0 Å². The SMILES string of the molecule is CC[C@@H](C)N(Cc1cccn1Cc1ccccc1Cl)C(=O)[C@H]1C[C@H]1c1ccccc1. The molecule has 1 fully saturated rings. The first-order valence-corrected chi connectivity index (χ1v) is 11.2. The number of hydrogen-bond acceptors (Lipinski definition) is 1. The summed E-state index contributed by atoms with van der Waals surface area (Å²) in [5.41, 5.74) is 3.51. The Morgan fingerprint density at radius 1 is 1.10 bits per heavy atom. The number of benzene rings is 2. The zero-order valence-corrected chi connectivity index (χ0v) is 18.4. The molecule has 0 N–H and O–H groups in total. The maximum absolute atomic E-state index is 13.4. The summed E-state index contributed by atoms with van der Waals surface area (Å²) in [5.74, 6) is 0.747. The highest BCUT2D eigenvalue weighted by Crippen LogP contribution is 2.48. The van der Waals surface area contributed by atoms with Crippen LogP contribution in [0.3, 0.4) is 0 Å². The van der Waals surface area contributed by atoms with Crippen LogP contribution in [-0.2, 0) is 17.9 Å². The summed E-state index contributed by atoms with van der Waals surface area (Å²) in [5, 5.41) is 0.774. The summed E-state index contributed by atoms with van der Waals surface area (Å²) in [7, 11) is 0. The Morgan fingerprint density at radius 2 is 1.83 bits per heavy atom. The van der Waals surface area contributed by atoms with Crippen LogP contribution < -0.4 is 0 Å². The second-order valence-electron chi connectivity index (χ2n) is 8.30. The number of carbonyl (C=O) groups excluding carboxylic acids is 1. The Kier molecular flexibility index (Phi) is 6.29. The minimum absolute atomic E-state index is 0.105. The molecule has 0 unspecified atom stereocenters. The van der Waals surface area contributed by atoms with Gasteiger partial charge in [-0.05, 0) is 55.0 Å². The van der Waals surface area contributed by atoms with Gasteiger partial charge in [0.25, 0.3) is 0 Å². The lowest BCUT2D eigenvalue weighted by atomic mass is 10.1. The highest BCUT2D eigenvalue weighted by molar-refractivity contribution is 6.31. The van der Waals surface area contributed by atoms with Gasteiger partial charge >= 0.3 is 0 Å². The summed E-state index contributed by atoms with van der Waals surface area (Å²) in [6, 6.07) is 22.7. The summed E-state index contributed by atoms with van der Waals surface area (Å²) in [6.07, 6.45) is 3.97. The van der Waals surface area contributed by atoms with Crippen LogP contribution in [0.1, 0.15) is 49.4 Å². The van der Waals surface area contributed by atoms with Crippen LogP contribution in [0.5, 0.6) is 0 Å². The maximum Gasteiger partial charge on any atom is 0.226 e. The molecule has 3 nitrogen and oxygen atoms in total. The van der Waals surface area contributed by atoms with Gasteiger partial charge in [0.15, 0.2) is 0 Å². The van der Waals surface area contributed by atoms with Gasteiger partial charge in [0, 0.05) is 35.4 Å². The van der Waals surface area contributed by atoms with Gasteiger partial charge in [-0.1, -0.05) is 67.1 Å². The Morgan fingerprint density at radius 3 is 2.57 bits per heavy atom. The van der Waals surface area contributed by atoms with Crippen molar-refractivity contribution >= 4 is 17.5 Å². The summed E-state index contributed by atoms with van der Waals surface area (Å²) in [4.78, 5) is 15.5. The van der Waals surface area contributed by atoms with Crippen molar-refractivity contribution in [3.8, 4) is 0 Å². The van der Waals surface area contributed by atoms with Crippen LogP contribution in [0, 0.1) is 5.92 Å². The van der Waals surface area contributed by atoms with Gasteiger partial charge in [-0.3, -0.25) is 4.79 Å². The molecule has 2 aromatic carbocycles. The number of rotatable bonds is 8. The zero-order chi connectivity index (χ0) is 21.1. The molecule has 1 amide bonds. The molecule has 0 bridgehead atoms. The predicted molar refractivity (Wildman–Crippen MR) is 123 cm³/mol. The van der Waals surface area contributed by atoms with Crippen molar-refractivity contribution in [2.75, 3.05) is 0 Å². The normalized spacial score (nSPS) is 18.8. The van der Waals surface area contributed by atoms with Crippen LogP contribution in [0.25, 0.3) is 0 Å². The number of halogens is 1. The second-order valence-corrected chi connectivity index (χ2v) is 8.71. The predicted octanol–water partition coefficient (Wildman–Crippen LogP) is 6.12. The first-order chi connectivity index (χ1) is 14.6. The lowest BCUT2D eigenvalue weighted by Crippen LogP contribution is -2.39. The van der Waals surface area contributed by atoms with Crippen LogP contribution in [-0.4, -0.2) is 21.4 Å². The van der Waals surface area contributed by atoms with Gasteiger partial charge in [-0.15, -0.1) is 0 Å². The Balaban J connectivity index is 1.50. The molecule has 156 valence electrons. The number of carbonyl (C=O) groups is 1. The molecule has 0 saturated heterocycles. The molecule has 0 spiro atoms. The number of amides is 1. The zero-order valence-electron chi connectivity index (χ0n) is 17.7. The number of aromatic nitrogens is 1. The average Bonchev–Trinajstić information content (AvgIpc) is 3.46. The molecule has 30 heavy (non-hydrogen) atoms. The van der Waals surface area contributed by atoms with E-state index in [-0.39, 0.29) is 17.9 Å². The standard InChI is InChI=1S/C26H29ClN2O/c1-3-19(2)29(26(30)24-16-23(24)20-10-5-4-6-11-20)18-22-13-9-15-28(22)17-21-12-7-8-14-25(21)27/h4-15,19,23-24H,3,16-18H2,1-2H3/t19-,23+,24+/m1/s1. The average molecular weight is 421 g/mol. The van der Waals surface area contributed by atoms with Gasteiger partial charge in [-0.2, -0.15) is 0 Å². The molecule has 1 aromatic heterocycles. The monoisotopic (exact) mass is 420 g/mol. The fourth-order valence-corrected chi connectivity index (χ4v) is 4.35. The fraction of sp³-hybridized carbons (Fsp3) is 0.346. The molecule has 1 saturated carbocycles. The van der Waals surface area contributed by atoms with Crippen LogP contribution in [0.4, 0.5) is 0 Å². The van der Waals surface area contributed by atoms with Gasteiger partial charge in [0.05, 0.1) is 6.54 Å². The highest BCUT2D eigenvalue weighted by Gasteiger charge is 2.46. The quantitative estimate of drug-likeness (QED) is 0.431. The summed E-state index contributed by atoms with van der Waals surface area (Å²) in [6.45, 7) is 5.64. The third kappa shape index (κ3) is 4.46. The third-order valence-electron chi connectivity index (χ3n) is 6.30. The Labute approximate surface area is 184 Å². The fourth-order valence-electron chi connectivity index (χ4n) is 4.15. The summed E-state index contributed by atoms with van der Waals surface area (Å²) >= 11 is 6.37. The van der Waals surface area contributed by atoms with Crippen molar-refractivity contribution in [1.82, 2.24) is 9.47 Å². The van der Waals surface area contributed by atoms with E-state index in [0.29, 0.717) is 19.0 Å². The minimum atomic E-state index is 0.105. The van der Waals surface area contributed by atoms with Crippen molar-refractivity contribution in [3.63, 3.8) is 0 Å². The van der Waals surface area contributed by atoms with Gasteiger partial charge in [0.2, 0.25) is 5.91 Å². The Bertz CT molecular complexity index is 997. The molecule has 1 aliphatic rings. The first kappa shape index (κ1) is 20.7. The minimum Gasteiger partial charge on any atom is -0.345 e. The molecule has 0 aliphatic heterocycles. The first-order valence-electron chi connectivity index (χ1n) is 10.8. The van der Waals surface area contributed by atoms with Gasteiger partial charge < -0.3 is 9.47 Å². The van der Waals surface area contributed by atoms with Crippen molar-refractivity contribution in [2.45, 2.75) is 51.7 Å². The van der Waals surface area contributed by atoms with Crippen molar-refractivity contribution in [2.24, 2.45) is 5.92 Å². The van der Waals surface area contributed by atoms with E-state index in [1.807, 2.05) is 24.3 Å². The van der Waals surface area contributed by atoms with E-state index in [1.165, 1.54) is 5.56 Å². The molecule has 1 aliphatic carbocycles. The van der Waals surface area contributed by atoms with E-state index in [0.717, 1.165) is 29.1 Å². The molecular weight excluding hydrogens is 392 g/mol. The molecule has 3 aromatic rings. The largest absolute Gasteiger partial charge is 0.345 e. The van der Waals surface area contributed by atoms with E-state index < -0.39 is 0 Å². The summed E-state index contributed by atoms with van der Waals surface area (Å²) < 4.78 is 2.20. The van der Waals surface area contributed by atoms with Crippen molar-refractivity contribution in [1.29, 1.82) is 0 Å². The van der Waals surface area contributed by atoms with E-state index in [9.17, 15) is 4.79 Å². The van der Waals surface area contributed by atoms with Crippen LogP contribution >= 0.6 is 11.6 Å². The van der Waals surface area contributed by atoms with Crippen LogP contribution in [0.2, 0.25) is 5.02 Å². The van der Waals surface area contributed by atoms with E-state index >= 15 is 0 Å². The van der Waals surface area contributed by atoms with E-state index in [1.54, 1.807) is 0 Å². The molecule has 4 heteroatoms. The Hall–Kier alpha value is -2.52. The van der Waals surface area contributed by atoms with E-state index in [4.69, 9.17) is 11.6 Å². The topological polar surface area (TPSA) is 25.2 Å². The lowest BCUT2D eigenvalue weighted by Gasteiger charge is -2.29. The van der Waals surface area contributed by atoms with Crippen molar-refractivity contribution in [3.05, 3.63) is 94.8 Å². The third-order valence-corrected chi connectivity index (χ3v) is 6.66. The lowest BCUT2D eigenvalue weighted by molar-refractivity contribution is -0.135. The van der Waals surface area contributed by atoms with Crippen molar-refractivity contribution < 1.29 is 4.79 Å². The molecule has 4 rings (SSSR count). The molecular formula is C26H29ClN2O. The smallest absolute Gasteiger partial charge is 0.226 e. The highest BCUT2D eigenvalue weighted by atomic mass is 35.5. The second kappa shape index (κ2) is 9.09. The van der Waals surface area contributed by atoms with Crippen LogP contribution in [0.15, 0.2) is 72.9 Å². The molecule has 0 radical (unpaired) electrons. The van der Waals surface area contributed by atoms with Gasteiger partial charge in [-0.25, -0.2) is 0 Å². The number of hydrogen-bond donors (Lipinski definition) is 0. The molecule has 1 heterocycles. The number of nitrogens with zero attached hydrogens (tertiary/aromatic N) is 2. The maximum atomic E-state index is 13.4. The van der Waals surface area contributed by atoms with Gasteiger partial charge in [0.1, 0.15) is 0 Å².